The lowest BCUT2D eigenvalue weighted by Gasteiger charge is -2.38. The zero-order valence-electron chi connectivity index (χ0n) is 11.0. The number of rotatable bonds is 4. The van der Waals surface area contributed by atoms with Crippen LogP contribution in [0.4, 0.5) is 13.2 Å². The summed E-state index contributed by atoms with van der Waals surface area (Å²) >= 11 is 0. The quantitative estimate of drug-likeness (QED) is 0.819. The minimum absolute atomic E-state index is 0.0282. The number of halogens is 3. The molecule has 0 aromatic carbocycles. The summed E-state index contributed by atoms with van der Waals surface area (Å²) in [5.41, 5.74) is -1.75. The van der Waals surface area contributed by atoms with Gasteiger partial charge in [-0.1, -0.05) is 0 Å². The Kier molecular flexibility index (Phi) is 4.05. The zero-order valence-corrected chi connectivity index (χ0v) is 11.0. The first-order chi connectivity index (χ1) is 9.31. The van der Waals surface area contributed by atoms with Crippen molar-refractivity contribution in [3.8, 4) is 0 Å². The molecule has 1 aliphatic rings. The van der Waals surface area contributed by atoms with Gasteiger partial charge in [0.15, 0.2) is 0 Å². The number of aromatic nitrogens is 1. The molecule has 0 unspecified atom stereocenters. The molecule has 1 saturated heterocycles. The smallest absolute Gasteiger partial charge is 0.379 e. The Bertz CT molecular complexity index is 536. The number of hydrogen-bond acceptors (Lipinski definition) is 4. The van der Waals surface area contributed by atoms with E-state index < -0.39 is 17.3 Å². The summed E-state index contributed by atoms with van der Waals surface area (Å²) in [6.07, 6.45) is -3.16. The van der Waals surface area contributed by atoms with Crippen LogP contribution in [0.15, 0.2) is 17.1 Å². The average Bonchev–Trinajstić information content (AvgIpc) is 2.30. The number of nitrogen functional groups attached to an aromatic ring is 1. The molecule has 2 heterocycles. The van der Waals surface area contributed by atoms with Gasteiger partial charge < -0.3 is 10.6 Å². The molecule has 0 bridgehead atoms. The van der Waals surface area contributed by atoms with Gasteiger partial charge in [-0.25, -0.2) is 4.68 Å². The standard InChI is InChI=1S/C12H16F3N3O2/c1-20-9-6-17(7-9)3-2-8-5-18(16)11(19)4-10(8)12(13,14)15/h4-5,9H,2-3,6-7,16H2,1H3. The van der Waals surface area contributed by atoms with E-state index in [1.54, 1.807) is 7.11 Å². The van der Waals surface area contributed by atoms with E-state index in [1.807, 2.05) is 4.90 Å². The lowest BCUT2D eigenvalue weighted by Crippen LogP contribution is -2.52. The fourth-order valence-corrected chi connectivity index (χ4v) is 2.19. The van der Waals surface area contributed by atoms with Crippen LogP contribution in [0.2, 0.25) is 0 Å². The van der Waals surface area contributed by atoms with Crippen molar-refractivity contribution in [1.82, 2.24) is 9.58 Å². The molecule has 0 atom stereocenters. The van der Waals surface area contributed by atoms with Gasteiger partial charge in [0.05, 0.1) is 11.7 Å². The molecular weight excluding hydrogens is 275 g/mol. The number of alkyl halides is 3. The van der Waals surface area contributed by atoms with Crippen LogP contribution in [-0.2, 0) is 17.3 Å². The van der Waals surface area contributed by atoms with Gasteiger partial charge >= 0.3 is 6.18 Å². The van der Waals surface area contributed by atoms with E-state index in [0.717, 1.165) is 6.20 Å². The van der Waals surface area contributed by atoms with Crippen LogP contribution in [0.25, 0.3) is 0 Å². The fraction of sp³-hybridized carbons (Fsp3) is 0.583. The lowest BCUT2D eigenvalue weighted by molar-refractivity contribution is -0.138. The first kappa shape index (κ1) is 14.9. The Labute approximate surface area is 113 Å². The van der Waals surface area contributed by atoms with Crippen LogP contribution < -0.4 is 11.4 Å². The molecule has 5 nitrogen and oxygen atoms in total. The molecule has 0 radical (unpaired) electrons. The lowest BCUT2D eigenvalue weighted by atomic mass is 10.0. The molecular formula is C12H16F3N3O2. The van der Waals surface area contributed by atoms with Crippen LogP contribution in [0.3, 0.4) is 0 Å². The van der Waals surface area contributed by atoms with Gasteiger partial charge in [-0.15, -0.1) is 0 Å². The molecule has 112 valence electrons. The van der Waals surface area contributed by atoms with Crippen molar-refractivity contribution in [3.05, 3.63) is 33.7 Å². The largest absolute Gasteiger partial charge is 0.416 e. The molecule has 1 aromatic rings. The minimum atomic E-state index is -4.55. The maximum absolute atomic E-state index is 12.9. The highest BCUT2D eigenvalue weighted by atomic mass is 19.4. The predicted octanol–water partition coefficient (Wildman–Crippen LogP) is 0.454. The van der Waals surface area contributed by atoms with Crippen LogP contribution in [0.1, 0.15) is 11.1 Å². The van der Waals surface area contributed by atoms with Crippen molar-refractivity contribution >= 4 is 0 Å². The third-order valence-electron chi connectivity index (χ3n) is 3.42. The Morgan fingerprint density at radius 3 is 2.65 bits per heavy atom. The van der Waals surface area contributed by atoms with Crippen molar-refractivity contribution in [1.29, 1.82) is 0 Å². The van der Waals surface area contributed by atoms with Crippen molar-refractivity contribution < 1.29 is 17.9 Å². The Hall–Kier alpha value is -1.54. The first-order valence-corrected chi connectivity index (χ1v) is 6.14. The van der Waals surface area contributed by atoms with E-state index in [1.165, 1.54) is 0 Å². The van der Waals surface area contributed by atoms with Gasteiger partial charge in [-0.2, -0.15) is 13.2 Å². The number of pyridine rings is 1. The summed E-state index contributed by atoms with van der Waals surface area (Å²) in [6, 6.07) is 0.545. The molecule has 1 fully saturated rings. The third kappa shape index (κ3) is 3.13. The van der Waals surface area contributed by atoms with E-state index in [0.29, 0.717) is 30.4 Å². The zero-order chi connectivity index (χ0) is 14.9. The number of nitrogens with zero attached hydrogens (tertiary/aromatic N) is 2. The van der Waals surface area contributed by atoms with Crippen LogP contribution in [0.5, 0.6) is 0 Å². The topological polar surface area (TPSA) is 60.5 Å². The van der Waals surface area contributed by atoms with Gasteiger partial charge in [0, 0.05) is 39.0 Å². The van der Waals surface area contributed by atoms with Crippen molar-refractivity contribution in [2.75, 3.05) is 32.6 Å². The van der Waals surface area contributed by atoms with Gasteiger partial charge in [0.25, 0.3) is 5.56 Å². The molecule has 8 heteroatoms. The second-order valence-corrected chi connectivity index (χ2v) is 4.82. The van der Waals surface area contributed by atoms with Gasteiger partial charge in [-0.05, 0) is 12.0 Å². The molecule has 2 rings (SSSR count). The molecule has 0 spiro atoms. The molecule has 2 N–H and O–H groups in total. The third-order valence-corrected chi connectivity index (χ3v) is 3.42. The normalized spacial score (nSPS) is 17.2. The van der Waals surface area contributed by atoms with Crippen LogP contribution in [0, 0.1) is 0 Å². The monoisotopic (exact) mass is 291 g/mol. The van der Waals surface area contributed by atoms with Crippen LogP contribution in [-0.4, -0.2) is 42.4 Å². The molecule has 0 saturated carbocycles. The summed E-state index contributed by atoms with van der Waals surface area (Å²) < 4.78 is 44.4. The van der Waals surface area contributed by atoms with Gasteiger partial charge in [0.2, 0.25) is 0 Å². The predicted molar refractivity (Wildman–Crippen MR) is 66.8 cm³/mol. The average molecular weight is 291 g/mol. The molecule has 1 aliphatic heterocycles. The Morgan fingerprint density at radius 2 is 2.10 bits per heavy atom. The molecule has 1 aromatic heterocycles. The van der Waals surface area contributed by atoms with E-state index in [2.05, 4.69) is 0 Å². The highest BCUT2D eigenvalue weighted by Gasteiger charge is 2.34. The minimum Gasteiger partial charge on any atom is -0.379 e. The number of hydrogen-bond donors (Lipinski definition) is 1. The Morgan fingerprint density at radius 1 is 1.45 bits per heavy atom. The highest BCUT2D eigenvalue weighted by Crippen LogP contribution is 2.31. The number of ether oxygens (including phenoxy) is 1. The number of nitrogens with two attached hydrogens (primary N) is 1. The maximum Gasteiger partial charge on any atom is 0.416 e. The van der Waals surface area contributed by atoms with E-state index in [9.17, 15) is 18.0 Å². The number of likely N-dealkylation sites (tertiary alicyclic amines) is 1. The fourth-order valence-electron chi connectivity index (χ4n) is 2.19. The number of methoxy groups -OCH3 is 1. The summed E-state index contributed by atoms with van der Waals surface area (Å²) in [7, 11) is 1.61. The van der Waals surface area contributed by atoms with Gasteiger partial charge in [-0.3, -0.25) is 9.69 Å². The van der Waals surface area contributed by atoms with E-state index in [4.69, 9.17) is 10.6 Å². The summed E-state index contributed by atoms with van der Waals surface area (Å²) in [5, 5.41) is 0. The van der Waals surface area contributed by atoms with Crippen molar-refractivity contribution in [3.63, 3.8) is 0 Å². The van der Waals surface area contributed by atoms with Crippen molar-refractivity contribution in [2.24, 2.45) is 0 Å². The van der Waals surface area contributed by atoms with E-state index >= 15 is 0 Å². The molecule has 20 heavy (non-hydrogen) atoms. The second kappa shape index (κ2) is 5.45. The SMILES string of the molecule is COC1CN(CCc2cn(N)c(=O)cc2C(F)(F)F)C1. The van der Waals surface area contributed by atoms with E-state index in [-0.39, 0.29) is 18.1 Å². The first-order valence-electron chi connectivity index (χ1n) is 6.14. The van der Waals surface area contributed by atoms with Gasteiger partial charge in [0.1, 0.15) is 0 Å². The Balaban J connectivity index is 2.10. The maximum atomic E-state index is 12.9. The molecule has 0 amide bonds. The van der Waals surface area contributed by atoms with Crippen LogP contribution >= 0.6 is 0 Å². The summed E-state index contributed by atoms with van der Waals surface area (Å²) in [4.78, 5) is 13.2. The summed E-state index contributed by atoms with van der Waals surface area (Å²) in [5.74, 6) is 5.33. The summed E-state index contributed by atoms with van der Waals surface area (Å²) in [6.45, 7) is 1.89. The van der Waals surface area contributed by atoms with Crippen molar-refractivity contribution in [2.45, 2.75) is 18.7 Å². The second-order valence-electron chi connectivity index (χ2n) is 4.82. The molecule has 0 aliphatic carbocycles. The highest BCUT2D eigenvalue weighted by molar-refractivity contribution is 5.27.